The van der Waals surface area contributed by atoms with Crippen molar-refractivity contribution >= 4 is 46.2 Å². The Morgan fingerprint density at radius 3 is 2.33 bits per heavy atom. The first-order chi connectivity index (χ1) is 27.6. The van der Waals surface area contributed by atoms with Crippen LogP contribution in [0.3, 0.4) is 0 Å². The number of methoxy groups -OCH3 is 2. The molecule has 0 spiro atoms. The first kappa shape index (κ1) is 43.7. The maximum atomic E-state index is 13.6. The number of aromatic amines is 2. The number of ether oxygens (including phenoxy) is 2. The van der Waals surface area contributed by atoms with E-state index >= 15 is 0 Å². The molecule has 2 unspecified atom stereocenters. The number of allylic oxidation sites excluding steroid dienone is 1. The van der Waals surface area contributed by atoms with Crippen molar-refractivity contribution in [2.45, 2.75) is 65.0 Å². The Morgan fingerprint density at radius 2 is 1.67 bits per heavy atom. The zero-order valence-corrected chi connectivity index (χ0v) is 33.8. The molecule has 0 bridgehead atoms. The van der Waals surface area contributed by atoms with Crippen LogP contribution in [0.2, 0.25) is 0 Å². The van der Waals surface area contributed by atoms with Gasteiger partial charge in [0.25, 0.3) is 6.47 Å². The number of fused-ring (bicyclic) bond motifs is 2. The molecular formula is C43H56N8O6. The lowest BCUT2D eigenvalue weighted by Gasteiger charge is -2.29. The van der Waals surface area contributed by atoms with Crippen molar-refractivity contribution in [3.8, 4) is 22.4 Å². The van der Waals surface area contributed by atoms with E-state index in [9.17, 15) is 14.4 Å². The smallest absolute Gasteiger partial charge is 0.407 e. The third-order valence-corrected chi connectivity index (χ3v) is 9.45. The van der Waals surface area contributed by atoms with Crippen LogP contribution in [0, 0.1) is 5.92 Å². The molecule has 0 saturated carbocycles. The van der Waals surface area contributed by atoms with Crippen molar-refractivity contribution in [1.29, 1.82) is 0 Å². The fourth-order valence-corrected chi connectivity index (χ4v) is 6.66. The number of likely N-dealkylation sites (tertiary alicyclic amines) is 1. The van der Waals surface area contributed by atoms with E-state index in [0.29, 0.717) is 26.1 Å². The molecule has 1 aliphatic rings. The summed E-state index contributed by atoms with van der Waals surface area (Å²) in [6.07, 6.45) is 7.34. The third-order valence-electron chi connectivity index (χ3n) is 9.45. The van der Waals surface area contributed by atoms with Crippen LogP contribution in [0.1, 0.15) is 64.1 Å². The number of carbonyl (C=O) groups is 4. The van der Waals surface area contributed by atoms with Crippen LogP contribution in [-0.4, -0.2) is 96.2 Å². The lowest BCUT2D eigenvalue weighted by molar-refractivity contribution is -0.135. The van der Waals surface area contributed by atoms with E-state index in [0.717, 1.165) is 87.9 Å². The van der Waals surface area contributed by atoms with E-state index in [1.807, 2.05) is 37.9 Å². The lowest BCUT2D eigenvalue weighted by Crippen LogP contribution is -2.51. The number of aryl methyl sites for hydroxylation is 1. The Kier molecular flexibility index (Phi) is 16.8. The van der Waals surface area contributed by atoms with Gasteiger partial charge in [0, 0.05) is 25.1 Å². The van der Waals surface area contributed by atoms with Gasteiger partial charge in [0.05, 0.1) is 49.7 Å². The van der Waals surface area contributed by atoms with Crippen molar-refractivity contribution in [1.82, 2.24) is 40.8 Å². The molecule has 1 saturated heterocycles. The van der Waals surface area contributed by atoms with E-state index in [1.165, 1.54) is 14.2 Å². The van der Waals surface area contributed by atoms with Gasteiger partial charge in [0.1, 0.15) is 17.7 Å². The van der Waals surface area contributed by atoms with Gasteiger partial charge in [-0.1, -0.05) is 50.3 Å². The number of imidazole rings is 2. The molecule has 1 aliphatic heterocycles. The number of amides is 3. The summed E-state index contributed by atoms with van der Waals surface area (Å²) in [5.41, 5.74) is 5.98. The number of nitrogens with zero attached hydrogens (tertiary/aromatic N) is 3. The number of benzene rings is 3. The summed E-state index contributed by atoms with van der Waals surface area (Å²) in [5.74, 6) is 1.49. The minimum absolute atomic E-state index is 0.0136. The average molecular weight is 781 g/mol. The van der Waals surface area contributed by atoms with E-state index in [1.54, 1.807) is 13.1 Å². The van der Waals surface area contributed by atoms with Gasteiger partial charge in [-0.15, -0.1) is 6.58 Å². The molecule has 3 heterocycles. The first-order valence-corrected chi connectivity index (χ1v) is 19.2. The van der Waals surface area contributed by atoms with Gasteiger partial charge < -0.3 is 40.3 Å². The highest BCUT2D eigenvalue weighted by Crippen LogP contribution is 2.34. The Hall–Kier alpha value is -6.02. The van der Waals surface area contributed by atoms with E-state index < -0.39 is 12.1 Å². The quantitative estimate of drug-likeness (QED) is 0.0480. The second-order valence-electron chi connectivity index (χ2n) is 14.0. The van der Waals surface area contributed by atoms with Gasteiger partial charge in [0.2, 0.25) is 11.8 Å². The molecule has 14 nitrogen and oxygen atoms in total. The van der Waals surface area contributed by atoms with Crippen LogP contribution in [-0.2, 0) is 30.3 Å². The van der Waals surface area contributed by atoms with Crippen LogP contribution in [0.25, 0.3) is 44.2 Å². The predicted molar refractivity (Wildman–Crippen MR) is 223 cm³/mol. The van der Waals surface area contributed by atoms with Crippen LogP contribution < -0.4 is 16.0 Å². The second-order valence-corrected chi connectivity index (χ2v) is 14.0. The number of nitrogens with one attached hydrogen (secondary N) is 5. The fourth-order valence-electron chi connectivity index (χ4n) is 6.66. The van der Waals surface area contributed by atoms with Crippen molar-refractivity contribution in [2.75, 3.05) is 40.9 Å². The Bertz CT molecular complexity index is 2110. The largest absolute Gasteiger partial charge is 0.471 e. The number of carbonyl (C=O) groups excluding carboxylic acids is 4. The molecule has 0 aliphatic carbocycles. The van der Waals surface area contributed by atoms with Gasteiger partial charge in [0.15, 0.2) is 0 Å². The molecule has 14 heteroatoms. The van der Waals surface area contributed by atoms with Crippen LogP contribution >= 0.6 is 0 Å². The summed E-state index contributed by atoms with van der Waals surface area (Å²) in [7, 11) is 4.37. The normalized spacial score (nSPS) is 13.9. The molecule has 304 valence electrons. The molecule has 5 aromatic rings. The number of alkyl carbamates (subject to hydrolysis) is 1. The summed E-state index contributed by atoms with van der Waals surface area (Å²) in [5, 5.41) is 10.7. The summed E-state index contributed by atoms with van der Waals surface area (Å²) < 4.78 is 8.63. The molecule has 57 heavy (non-hydrogen) atoms. The summed E-state index contributed by atoms with van der Waals surface area (Å²) in [6, 6.07) is 18.3. The molecule has 0 radical (unpaired) electrons. The lowest BCUT2D eigenvalue weighted by atomic mass is 9.99. The van der Waals surface area contributed by atoms with E-state index in [-0.39, 0.29) is 23.8 Å². The second kappa shape index (κ2) is 21.9. The van der Waals surface area contributed by atoms with Crippen molar-refractivity contribution in [3.05, 3.63) is 85.1 Å². The molecule has 3 aromatic carbocycles. The van der Waals surface area contributed by atoms with E-state index in [4.69, 9.17) is 14.5 Å². The highest BCUT2D eigenvalue weighted by Gasteiger charge is 2.37. The average Bonchev–Trinajstić information content (AvgIpc) is 3.99. The number of H-pyrrole nitrogens is 2. The maximum Gasteiger partial charge on any atom is 0.407 e. The molecule has 6 rings (SSSR count). The molecule has 2 aromatic heterocycles. The number of hydrogen-bond donors (Lipinski definition) is 5. The van der Waals surface area contributed by atoms with Gasteiger partial charge in [-0.05, 0) is 91.7 Å². The summed E-state index contributed by atoms with van der Waals surface area (Å²) in [4.78, 5) is 64.3. The van der Waals surface area contributed by atoms with Crippen LogP contribution in [0.5, 0.6) is 0 Å². The molecule has 1 fully saturated rings. The van der Waals surface area contributed by atoms with Crippen LogP contribution in [0.15, 0.2) is 73.4 Å². The minimum Gasteiger partial charge on any atom is -0.471 e. The van der Waals surface area contributed by atoms with Crippen LogP contribution in [0.4, 0.5) is 4.79 Å². The monoisotopic (exact) mass is 780 g/mol. The number of unbranched alkanes of at least 4 members (excludes halogenated alkanes) is 1. The Balaban J connectivity index is 0.000000954. The van der Waals surface area contributed by atoms with E-state index in [2.05, 4.69) is 90.7 Å². The minimum atomic E-state index is -0.675. The highest BCUT2D eigenvalue weighted by molar-refractivity contribution is 5.92. The third kappa shape index (κ3) is 12.0. The van der Waals surface area contributed by atoms with Gasteiger partial charge in [-0.2, -0.15) is 0 Å². The number of hydrogen-bond acceptors (Lipinski definition) is 9. The fraction of sp³-hybridized carbons (Fsp3) is 0.395. The topological polar surface area (TPSA) is 183 Å². The predicted octanol–water partition coefficient (Wildman–Crippen LogP) is 6.46. The standard InChI is InChI=1S/C38H46N8O4.C3H6.C2H4O2/c1-23(2)35(45-38(49)50-4)37(48)46-17-7-8-32(46)36-43-29-15-14-27(20-30(29)44-36)25-10-11-26-19-28(13-12-24(26)18-25)31-21-41-33(42-31)9-5-6-16-40-34(47)22-39-3;1-3-2;1-4-2-3/h10-15,18-21,23,32,35,39H,5-9,16-17,22H2,1-4H3,(H,40,47)(H,41,42)(H,43,44)(H,45,49);3H,1H2,2H3;2H,1H3. The highest BCUT2D eigenvalue weighted by atomic mass is 16.5. The molecule has 2 atom stereocenters. The zero-order valence-electron chi connectivity index (χ0n) is 33.8. The first-order valence-electron chi connectivity index (χ1n) is 19.2. The number of likely N-dealkylation sites (N-methyl/N-ethyl adjacent to an activating group) is 1. The summed E-state index contributed by atoms with van der Waals surface area (Å²) >= 11 is 0. The Labute approximate surface area is 334 Å². The number of aromatic nitrogens is 4. The molecular weight excluding hydrogens is 725 g/mol. The maximum absolute atomic E-state index is 13.6. The van der Waals surface area contributed by atoms with Gasteiger partial charge in [-0.25, -0.2) is 14.8 Å². The number of rotatable bonds is 14. The van der Waals surface area contributed by atoms with Crippen molar-refractivity contribution in [3.63, 3.8) is 0 Å². The van der Waals surface area contributed by atoms with Crippen molar-refractivity contribution in [2.24, 2.45) is 5.92 Å². The Morgan fingerprint density at radius 1 is 1.00 bits per heavy atom. The van der Waals surface area contributed by atoms with Gasteiger partial charge in [-0.3, -0.25) is 14.4 Å². The SMILES string of the molecule is C=CC.CNCC(=O)NCCCCc1ncc(-c2ccc3cc(-c4ccc5nc(C6CCCN6C(=O)C(NC(=O)OC)C(C)C)[nH]c5c4)ccc3c2)[nH]1.COC=O. The van der Waals surface area contributed by atoms with Crippen molar-refractivity contribution < 1.29 is 28.7 Å². The zero-order chi connectivity index (χ0) is 41.3. The molecule has 3 amide bonds. The molecule has 5 N–H and O–H groups in total. The van der Waals surface area contributed by atoms with Gasteiger partial charge >= 0.3 is 6.09 Å². The summed E-state index contributed by atoms with van der Waals surface area (Å²) in [6.45, 7) is 11.1.